The van der Waals surface area contributed by atoms with Gasteiger partial charge in [-0.1, -0.05) is 30.3 Å². The van der Waals surface area contributed by atoms with Crippen LogP contribution in [0.2, 0.25) is 0 Å². The van der Waals surface area contributed by atoms with Gasteiger partial charge in [-0.25, -0.2) is 4.39 Å². The van der Waals surface area contributed by atoms with E-state index in [1.54, 1.807) is 0 Å². The van der Waals surface area contributed by atoms with Gasteiger partial charge in [-0.05, 0) is 49.1 Å². The Labute approximate surface area is 159 Å². The predicted molar refractivity (Wildman–Crippen MR) is 106 cm³/mol. The van der Waals surface area contributed by atoms with Crippen molar-refractivity contribution >= 4 is 16.8 Å². The van der Waals surface area contributed by atoms with Crippen molar-refractivity contribution in [2.24, 2.45) is 0 Å². The summed E-state index contributed by atoms with van der Waals surface area (Å²) in [5.74, 6) is -0.133. The lowest BCUT2D eigenvalue weighted by Gasteiger charge is -2.21. The van der Waals surface area contributed by atoms with Crippen molar-refractivity contribution in [3.63, 3.8) is 0 Å². The molecule has 4 rings (SSSR count). The van der Waals surface area contributed by atoms with Gasteiger partial charge in [0.1, 0.15) is 5.82 Å². The SMILES string of the molecule is CCn1cc([C@@H](CC(=O)N2CCCC2)c2ccc(F)cc2)c2ccccc21. The number of hydrogen-bond acceptors (Lipinski definition) is 1. The molecule has 140 valence electrons. The van der Waals surface area contributed by atoms with Gasteiger partial charge >= 0.3 is 0 Å². The molecule has 4 heteroatoms. The smallest absolute Gasteiger partial charge is 0.223 e. The number of para-hydroxylation sites is 1. The van der Waals surface area contributed by atoms with Crippen LogP contribution < -0.4 is 0 Å². The van der Waals surface area contributed by atoms with Crippen LogP contribution in [0, 0.1) is 5.82 Å². The van der Waals surface area contributed by atoms with E-state index >= 15 is 0 Å². The Balaban J connectivity index is 1.78. The first-order chi connectivity index (χ1) is 13.2. The van der Waals surface area contributed by atoms with Crippen molar-refractivity contribution in [1.29, 1.82) is 0 Å². The Bertz CT molecular complexity index is 939. The van der Waals surface area contributed by atoms with E-state index in [1.807, 2.05) is 29.2 Å². The second kappa shape index (κ2) is 7.55. The quantitative estimate of drug-likeness (QED) is 0.629. The lowest BCUT2D eigenvalue weighted by Crippen LogP contribution is -2.29. The molecular weight excluding hydrogens is 339 g/mol. The first-order valence-electron chi connectivity index (χ1n) is 9.78. The van der Waals surface area contributed by atoms with Crippen molar-refractivity contribution in [1.82, 2.24) is 9.47 Å². The third-order valence-corrected chi connectivity index (χ3v) is 5.65. The number of benzene rings is 2. The van der Waals surface area contributed by atoms with Crippen LogP contribution in [0.25, 0.3) is 10.9 Å². The van der Waals surface area contributed by atoms with Crippen molar-refractivity contribution in [2.45, 2.75) is 38.6 Å². The van der Waals surface area contributed by atoms with Crippen LogP contribution in [0.3, 0.4) is 0 Å². The van der Waals surface area contributed by atoms with Gasteiger partial charge in [0.2, 0.25) is 5.91 Å². The fourth-order valence-corrected chi connectivity index (χ4v) is 4.19. The fraction of sp³-hybridized carbons (Fsp3) is 0.348. The summed E-state index contributed by atoms with van der Waals surface area (Å²) in [7, 11) is 0. The molecule has 2 heterocycles. The molecule has 2 aromatic carbocycles. The molecule has 0 spiro atoms. The third-order valence-electron chi connectivity index (χ3n) is 5.65. The van der Waals surface area contributed by atoms with Gasteiger partial charge in [0.25, 0.3) is 0 Å². The Hall–Kier alpha value is -2.62. The normalized spacial score (nSPS) is 15.4. The number of halogens is 1. The first-order valence-corrected chi connectivity index (χ1v) is 9.78. The number of carbonyl (C=O) groups excluding carboxylic acids is 1. The number of aromatic nitrogens is 1. The molecule has 1 saturated heterocycles. The number of carbonyl (C=O) groups is 1. The summed E-state index contributed by atoms with van der Waals surface area (Å²) < 4.78 is 15.7. The Morgan fingerprint density at radius 1 is 1.07 bits per heavy atom. The highest BCUT2D eigenvalue weighted by molar-refractivity contribution is 5.86. The number of fused-ring (bicyclic) bond motifs is 1. The van der Waals surface area contributed by atoms with Crippen LogP contribution in [-0.4, -0.2) is 28.5 Å². The van der Waals surface area contributed by atoms with E-state index < -0.39 is 0 Å². The maximum Gasteiger partial charge on any atom is 0.223 e. The summed E-state index contributed by atoms with van der Waals surface area (Å²) in [6, 6.07) is 14.9. The molecule has 0 aliphatic carbocycles. The summed E-state index contributed by atoms with van der Waals surface area (Å²) in [4.78, 5) is 14.9. The largest absolute Gasteiger partial charge is 0.347 e. The maximum absolute atomic E-state index is 13.5. The van der Waals surface area contributed by atoms with Crippen LogP contribution in [-0.2, 0) is 11.3 Å². The lowest BCUT2D eigenvalue weighted by atomic mass is 9.88. The maximum atomic E-state index is 13.5. The summed E-state index contributed by atoms with van der Waals surface area (Å²) in [5.41, 5.74) is 3.31. The highest BCUT2D eigenvalue weighted by atomic mass is 19.1. The molecule has 1 amide bonds. The fourth-order valence-electron chi connectivity index (χ4n) is 4.19. The van der Waals surface area contributed by atoms with Crippen LogP contribution in [0.4, 0.5) is 4.39 Å². The van der Waals surface area contributed by atoms with Crippen LogP contribution in [0.1, 0.15) is 43.2 Å². The van der Waals surface area contributed by atoms with E-state index in [9.17, 15) is 9.18 Å². The summed E-state index contributed by atoms with van der Waals surface area (Å²) in [6.07, 6.45) is 4.75. The second-order valence-corrected chi connectivity index (χ2v) is 7.28. The molecule has 1 aliphatic rings. The monoisotopic (exact) mass is 364 g/mol. The zero-order valence-corrected chi connectivity index (χ0v) is 15.7. The van der Waals surface area contributed by atoms with Crippen molar-refractivity contribution in [3.05, 3.63) is 71.7 Å². The molecule has 0 bridgehead atoms. The third kappa shape index (κ3) is 3.48. The zero-order valence-electron chi connectivity index (χ0n) is 15.7. The van der Waals surface area contributed by atoms with E-state index in [0.717, 1.165) is 43.6 Å². The highest BCUT2D eigenvalue weighted by Gasteiger charge is 2.26. The molecule has 0 N–H and O–H groups in total. The number of hydrogen-bond donors (Lipinski definition) is 0. The average Bonchev–Trinajstić information content (AvgIpc) is 3.35. The predicted octanol–water partition coefficient (Wildman–Crippen LogP) is 4.94. The molecule has 0 unspecified atom stereocenters. The van der Waals surface area contributed by atoms with E-state index in [0.29, 0.717) is 6.42 Å². The number of nitrogens with zero attached hydrogens (tertiary/aromatic N) is 2. The van der Waals surface area contributed by atoms with Gasteiger partial charge in [0, 0.05) is 49.1 Å². The standard InChI is InChI=1S/C23H25FN2O/c1-2-25-16-21(19-7-3-4-8-22(19)25)20(17-9-11-18(24)12-10-17)15-23(27)26-13-5-6-14-26/h3-4,7-12,16,20H,2,5-6,13-15H2,1H3/t20-/m0/s1. The molecule has 0 saturated carbocycles. The average molecular weight is 364 g/mol. The van der Waals surface area contributed by atoms with Gasteiger partial charge < -0.3 is 9.47 Å². The zero-order chi connectivity index (χ0) is 18.8. The van der Waals surface area contributed by atoms with Crippen molar-refractivity contribution in [2.75, 3.05) is 13.1 Å². The van der Waals surface area contributed by atoms with Crippen LogP contribution in [0.15, 0.2) is 54.7 Å². The molecule has 1 aliphatic heterocycles. The second-order valence-electron chi connectivity index (χ2n) is 7.28. The van der Waals surface area contributed by atoms with Crippen LogP contribution in [0.5, 0.6) is 0 Å². The molecule has 1 fully saturated rings. The van der Waals surface area contributed by atoms with Gasteiger partial charge in [-0.15, -0.1) is 0 Å². The van der Waals surface area contributed by atoms with E-state index in [-0.39, 0.29) is 17.6 Å². The minimum Gasteiger partial charge on any atom is -0.347 e. The summed E-state index contributed by atoms with van der Waals surface area (Å²) in [5, 5.41) is 1.17. The first kappa shape index (κ1) is 17.8. The Kier molecular flexibility index (Phi) is 4.97. The molecular formula is C23H25FN2O. The van der Waals surface area contributed by atoms with Gasteiger partial charge in [-0.2, -0.15) is 0 Å². The number of rotatable bonds is 5. The number of aryl methyl sites for hydroxylation is 1. The number of likely N-dealkylation sites (tertiary alicyclic amines) is 1. The van der Waals surface area contributed by atoms with Crippen molar-refractivity contribution < 1.29 is 9.18 Å². The van der Waals surface area contributed by atoms with Gasteiger partial charge in [0.05, 0.1) is 0 Å². The van der Waals surface area contributed by atoms with Crippen LogP contribution >= 0.6 is 0 Å². The van der Waals surface area contributed by atoms with E-state index in [4.69, 9.17) is 0 Å². The Morgan fingerprint density at radius 2 is 1.78 bits per heavy atom. The van der Waals surface area contributed by atoms with Gasteiger partial charge in [0.15, 0.2) is 0 Å². The lowest BCUT2D eigenvalue weighted by molar-refractivity contribution is -0.130. The minimum atomic E-state index is -0.251. The van der Waals surface area contributed by atoms with Crippen molar-refractivity contribution in [3.8, 4) is 0 Å². The summed E-state index contributed by atoms with van der Waals surface area (Å²) >= 11 is 0. The van der Waals surface area contributed by atoms with E-state index in [1.165, 1.54) is 23.0 Å². The molecule has 1 aromatic heterocycles. The molecule has 3 aromatic rings. The van der Waals surface area contributed by atoms with Gasteiger partial charge in [-0.3, -0.25) is 4.79 Å². The molecule has 27 heavy (non-hydrogen) atoms. The highest BCUT2D eigenvalue weighted by Crippen LogP contribution is 2.35. The topological polar surface area (TPSA) is 25.2 Å². The number of amides is 1. The summed E-state index contributed by atoms with van der Waals surface area (Å²) in [6.45, 7) is 4.70. The molecule has 1 atom stereocenters. The molecule has 0 radical (unpaired) electrons. The Morgan fingerprint density at radius 3 is 2.48 bits per heavy atom. The van der Waals surface area contributed by atoms with E-state index in [2.05, 4.69) is 29.8 Å². The molecule has 3 nitrogen and oxygen atoms in total. The minimum absolute atomic E-state index is 0.0728.